The highest BCUT2D eigenvalue weighted by atomic mass is 19.1. The Bertz CT molecular complexity index is 897. The zero-order valence-corrected chi connectivity index (χ0v) is 14.6. The van der Waals surface area contributed by atoms with Crippen LogP contribution in [0.2, 0.25) is 0 Å². The van der Waals surface area contributed by atoms with Crippen LogP contribution in [0.25, 0.3) is 0 Å². The molecule has 5 heteroatoms. The first kappa shape index (κ1) is 18.3. The van der Waals surface area contributed by atoms with E-state index in [1.54, 1.807) is 17.0 Å². The van der Waals surface area contributed by atoms with Gasteiger partial charge in [0.25, 0.3) is 11.8 Å². The quantitative estimate of drug-likeness (QED) is 0.723. The monoisotopic (exact) mass is 362 g/mol. The number of nitrogens with zero attached hydrogens (tertiary/aromatic N) is 1. The van der Waals surface area contributed by atoms with Crippen molar-refractivity contribution in [2.24, 2.45) is 0 Å². The molecule has 0 unspecified atom stereocenters. The number of carbonyl (C=O) groups excluding carboxylic acids is 2. The SMILES string of the molecule is O=C(NCCN(C(=O)c1ccccc1)c1ccccc1)c1ccc(F)cc1. The molecule has 3 rings (SSSR count). The van der Waals surface area contributed by atoms with E-state index >= 15 is 0 Å². The van der Waals surface area contributed by atoms with Crippen LogP contribution in [0.5, 0.6) is 0 Å². The number of hydrogen-bond donors (Lipinski definition) is 1. The van der Waals surface area contributed by atoms with Crippen molar-refractivity contribution < 1.29 is 14.0 Å². The van der Waals surface area contributed by atoms with Gasteiger partial charge in [-0.25, -0.2) is 4.39 Å². The number of halogens is 1. The number of nitrogens with one attached hydrogen (secondary N) is 1. The Morgan fingerprint density at radius 2 is 1.37 bits per heavy atom. The van der Waals surface area contributed by atoms with Gasteiger partial charge in [-0.05, 0) is 48.5 Å². The number of carbonyl (C=O) groups is 2. The van der Waals surface area contributed by atoms with Gasteiger partial charge in [-0.15, -0.1) is 0 Å². The van der Waals surface area contributed by atoms with E-state index in [0.29, 0.717) is 17.7 Å². The van der Waals surface area contributed by atoms with E-state index < -0.39 is 5.82 Å². The van der Waals surface area contributed by atoms with Gasteiger partial charge in [0.2, 0.25) is 0 Å². The van der Waals surface area contributed by atoms with Crippen LogP contribution < -0.4 is 10.2 Å². The van der Waals surface area contributed by atoms with E-state index in [9.17, 15) is 14.0 Å². The Balaban J connectivity index is 1.69. The largest absolute Gasteiger partial charge is 0.350 e. The van der Waals surface area contributed by atoms with E-state index in [2.05, 4.69) is 5.32 Å². The fraction of sp³-hybridized carbons (Fsp3) is 0.0909. The van der Waals surface area contributed by atoms with Gasteiger partial charge in [0, 0.05) is 29.9 Å². The van der Waals surface area contributed by atoms with Crippen LogP contribution in [0.4, 0.5) is 10.1 Å². The molecule has 3 aromatic rings. The lowest BCUT2D eigenvalue weighted by molar-refractivity contribution is 0.0943. The van der Waals surface area contributed by atoms with E-state index in [0.717, 1.165) is 5.69 Å². The third-order valence-electron chi connectivity index (χ3n) is 4.06. The average molecular weight is 362 g/mol. The van der Waals surface area contributed by atoms with Gasteiger partial charge < -0.3 is 10.2 Å². The lowest BCUT2D eigenvalue weighted by atomic mass is 10.1. The number of benzene rings is 3. The Kier molecular flexibility index (Phi) is 5.94. The topological polar surface area (TPSA) is 49.4 Å². The van der Waals surface area contributed by atoms with Gasteiger partial charge in [-0.1, -0.05) is 36.4 Å². The summed E-state index contributed by atoms with van der Waals surface area (Å²) in [5.74, 6) is -0.844. The zero-order valence-electron chi connectivity index (χ0n) is 14.6. The number of rotatable bonds is 6. The average Bonchev–Trinajstić information content (AvgIpc) is 2.72. The van der Waals surface area contributed by atoms with Crippen molar-refractivity contribution in [3.8, 4) is 0 Å². The van der Waals surface area contributed by atoms with Gasteiger partial charge in [0.1, 0.15) is 5.82 Å². The van der Waals surface area contributed by atoms with E-state index in [4.69, 9.17) is 0 Å². The molecule has 0 atom stereocenters. The molecule has 0 aliphatic heterocycles. The molecular weight excluding hydrogens is 343 g/mol. The predicted molar refractivity (Wildman–Crippen MR) is 103 cm³/mol. The van der Waals surface area contributed by atoms with Crippen LogP contribution in [0.1, 0.15) is 20.7 Å². The molecule has 3 aromatic carbocycles. The van der Waals surface area contributed by atoms with E-state index in [1.165, 1.54) is 24.3 Å². The molecule has 1 N–H and O–H groups in total. The molecule has 0 heterocycles. The number of para-hydroxylation sites is 1. The molecule has 0 radical (unpaired) electrons. The molecule has 0 saturated heterocycles. The molecule has 2 amide bonds. The second kappa shape index (κ2) is 8.76. The van der Waals surface area contributed by atoms with Crippen molar-refractivity contribution in [1.29, 1.82) is 0 Å². The van der Waals surface area contributed by atoms with Crippen molar-refractivity contribution in [2.45, 2.75) is 0 Å². The van der Waals surface area contributed by atoms with Crippen LogP contribution in [-0.4, -0.2) is 24.9 Å². The summed E-state index contributed by atoms with van der Waals surface area (Å²) < 4.78 is 13.0. The molecule has 4 nitrogen and oxygen atoms in total. The van der Waals surface area contributed by atoms with Gasteiger partial charge in [-0.3, -0.25) is 9.59 Å². The van der Waals surface area contributed by atoms with Crippen LogP contribution in [0, 0.1) is 5.82 Å². The standard InChI is InChI=1S/C22H19FN2O2/c23-19-13-11-17(12-14-19)21(26)24-15-16-25(20-9-5-2-6-10-20)22(27)18-7-3-1-4-8-18/h1-14H,15-16H2,(H,24,26). The first-order valence-corrected chi connectivity index (χ1v) is 8.61. The van der Waals surface area contributed by atoms with Crippen LogP contribution in [-0.2, 0) is 0 Å². The highest BCUT2D eigenvalue weighted by Crippen LogP contribution is 2.16. The Labute approximate surface area is 157 Å². The summed E-state index contributed by atoms with van der Waals surface area (Å²) in [6.07, 6.45) is 0. The summed E-state index contributed by atoms with van der Waals surface area (Å²) in [7, 11) is 0. The Hall–Kier alpha value is -3.47. The lowest BCUT2D eigenvalue weighted by Crippen LogP contribution is -2.38. The maximum atomic E-state index is 13.0. The fourth-order valence-corrected chi connectivity index (χ4v) is 2.68. The molecule has 0 saturated carbocycles. The summed E-state index contributed by atoms with van der Waals surface area (Å²) in [5.41, 5.74) is 1.70. The second-order valence-corrected chi connectivity index (χ2v) is 5.92. The minimum absolute atomic E-state index is 0.141. The van der Waals surface area contributed by atoms with Gasteiger partial charge >= 0.3 is 0 Å². The summed E-state index contributed by atoms with van der Waals surface area (Å²) in [6, 6.07) is 23.6. The van der Waals surface area contributed by atoms with Crippen molar-refractivity contribution in [3.05, 3.63) is 102 Å². The molecule has 0 aromatic heterocycles. The smallest absolute Gasteiger partial charge is 0.258 e. The normalized spacial score (nSPS) is 10.3. The molecule has 0 aliphatic carbocycles. The maximum Gasteiger partial charge on any atom is 0.258 e. The zero-order chi connectivity index (χ0) is 19.1. The van der Waals surface area contributed by atoms with Gasteiger partial charge in [-0.2, -0.15) is 0 Å². The van der Waals surface area contributed by atoms with Crippen LogP contribution >= 0.6 is 0 Å². The number of amides is 2. The first-order valence-electron chi connectivity index (χ1n) is 8.61. The van der Waals surface area contributed by atoms with Crippen molar-refractivity contribution >= 4 is 17.5 Å². The highest BCUT2D eigenvalue weighted by Gasteiger charge is 2.17. The molecule has 136 valence electrons. The summed E-state index contributed by atoms with van der Waals surface area (Å²) in [5, 5.41) is 2.77. The molecule has 0 bridgehead atoms. The molecular formula is C22H19FN2O2. The number of anilines is 1. The highest BCUT2D eigenvalue weighted by molar-refractivity contribution is 6.06. The van der Waals surface area contributed by atoms with E-state index in [-0.39, 0.29) is 18.4 Å². The Morgan fingerprint density at radius 3 is 2.00 bits per heavy atom. The molecule has 0 fully saturated rings. The first-order chi connectivity index (χ1) is 13.1. The fourth-order valence-electron chi connectivity index (χ4n) is 2.68. The Morgan fingerprint density at radius 1 is 0.778 bits per heavy atom. The minimum Gasteiger partial charge on any atom is -0.350 e. The van der Waals surface area contributed by atoms with Crippen LogP contribution in [0.15, 0.2) is 84.9 Å². The van der Waals surface area contributed by atoms with Gasteiger partial charge in [0.05, 0.1) is 0 Å². The van der Waals surface area contributed by atoms with Crippen molar-refractivity contribution in [2.75, 3.05) is 18.0 Å². The molecule has 27 heavy (non-hydrogen) atoms. The van der Waals surface area contributed by atoms with E-state index in [1.807, 2.05) is 48.5 Å². The lowest BCUT2D eigenvalue weighted by Gasteiger charge is -2.23. The summed E-state index contributed by atoms with van der Waals surface area (Å²) in [4.78, 5) is 26.7. The third-order valence-corrected chi connectivity index (χ3v) is 4.06. The number of hydrogen-bond acceptors (Lipinski definition) is 2. The minimum atomic E-state index is -0.393. The predicted octanol–water partition coefficient (Wildman–Crippen LogP) is 3.90. The van der Waals surface area contributed by atoms with Crippen molar-refractivity contribution in [3.63, 3.8) is 0 Å². The molecule has 0 spiro atoms. The second-order valence-electron chi connectivity index (χ2n) is 5.92. The van der Waals surface area contributed by atoms with Gasteiger partial charge in [0.15, 0.2) is 0 Å². The maximum absolute atomic E-state index is 13.0. The summed E-state index contributed by atoms with van der Waals surface area (Å²) in [6.45, 7) is 0.578. The van der Waals surface area contributed by atoms with Crippen molar-refractivity contribution in [1.82, 2.24) is 5.32 Å². The molecule has 0 aliphatic rings. The summed E-state index contributed by atoms with van der Waals surface area (Å²) >= 11 is 0. The third kappa shape index (κ3) is 4.79. The van der Waals surface area contributed by atoms with Crippen LogP contribution in [0.3, 0.4) is 0 Å².